The molecule has 0 atom stereocenters. The van der Waals surface area contributed by atoms with Crippen LogP contribution in [0.15, 0.2) is 42.7 Å². The van der Waals surface area contributed by atoms with Crippen LogP contribution in [0.3, 0.4) is 0 Å². The fourth-order valence-electron chi connectivity index (χ4n) is 3.39. The maximum atomic E-state index is 12.4. The van der Waals surface area contributed by atoms with Crippen molar-refractivity contribution in [1.29, 1.82) is 0 Å². The zero-order valence-electron chi connectivity index (χ0n) is 15.1. The van der Waals surface area contributed by atoms with Crippen LogP contribution in [0.1, 0.15) is 41.6 Å². The molecule has 0 radical (unpaired) electrons. The second-order valence-corrected chi connectivity index (χ2v) is 6.76. The summed E-state index contributed by atoms with van der Waals surface area (Å²) in [5.41, 5.74) is 5.43. The molecule has 26 heavy (non-hydrogen) atoms. The second kappa shape index (κ2) is 6.29. The van der Waals surface area contributed by atoms with Crippen molar-refractivity contribution in [2.45, 2.75) is 33.4 Å². The molecule has 4 aromatic rings. The van der Waals surface area contributed by atoms with Gasteiger partial charge < -0.3 is 14.9 Å². The number of imidazole rings is 2. The first-order valence-electron chi connectivity index (χ1n) is 8.72. The van der Waals surface area contributed by atoms with Crippen LogP contribution in [-0.2, 0) is 6.54 Å². The smallest absolute Gasteiger partial charge is 0.251 e. The number of nitrogens with zero attached hydrogens (tertiary/aromatic N) is 3. The van der Waals surface area contributed by atoms with Gasteiger partial charge in [-0.3, -0.25) is 4.79 Å². The predicted molar refractivity (Wildman–Crippen MR) is 102 cm³/mol. The normalized spacial score (nSPS) is 11.5. The van der Waals surface area contributed by atoms with Crippen molar-refractivity contribution in [2.75, 3.05) is 0 Å². The first kappa shape index (κ1) is 16.3. The summed E-state index contributed by atoms with van der Waals surface area (Å²) in [4.78, 5) is 24.3. The molecule has 2 N–H and O–H groups in total. The zero-order chi connectivity index (χ0) is 18.3. The molecule has 0 aliphatic heterocycles. The van der Waals surface area contributed by atoms with Crippen molar-refractivity contribution in [1.82, 2.24) is 24.8 Å². The van der Waals surface area contributed by atoms with Crippen LogP contribution in [0.25, 0.3) is 22.1 Å². The number of rotatable bonds is 4. The lowest BCUT2D eigenvalue weighted by Gasteiger charge is -2.11. The van der Waals surface area contributed by atoms with Crippen molar-refractivity contribution >= 4 is 28.0 Å². The highest BCUT2D eigenvalue weighted by molar-refractivity contribution is 5.97. The number of hydrogen-bond donors (Lipinski definition) is 2. The van der Waals surface area contributed by atoms with Crippen molar-refractivity contribution in [3.63, 3.8) is 0 Å². The van der Waals surface area contributed by atoms with Gasteiger partial charge in [-0.15, -0.1) is 0 Å². The van der Waals surface area contributed by atoms with E-state index in [-0.39, 0.29) is 5.91 Å². The van der Waals surface area contributed by atoms with Gasteiger partial charge in [0, 0.05) is 18.2 Å². The molecule has 0 aliphatic rings. The van der Waals surface area contributed by atoms with E-state index in [1.165, 1.54) is 0 Å². The fraction of sp³-hybridized carbons (Fsp3) is 0.250. The van der Waals surface area contributed by atoms with E-state index in [1.54, 1.807) is 12.4 Å². The summed E-state index contributed by atoms with van der Waals surface area (Å²) in [5.74, 6) is 0.898. The highest BCUT2D eigenvalue weighted by Crippen LogP contribution is 2.22. The number of fused-ring (bicyclic) bond motifs is 2. The molecule has 0 fully saturated rings. The molecule has 2 heterocycles. The Morgan fingerprint density at radius 1 is 1.19 bits per heavy atom. The average molecular weight is 347 g/mol. The first-order valence-corrected chi connectivity index (χ1v) is 8.72. The minimum atomic E-state index is -0.106. The standard InChI is InChI=1S/C20H21N5O/c1-12(2)25-13(3)24-18-8-14(4-7-19(18)25)10-21-20(26)15-5-6-16-17(9-15)23-11-22-16/h4-9,11-12H,10H2,1-3H3,(H,21,26)(H,22,23). The van der Waals surface area contributed by atoms with Gasteiger partial charge in [0.25, 0.3) is 5.91 Å². The Morgan fingerprint density at radius 2 is 2.04 bits per heavy atom. The monoisotopic (exact) mass is 347 g/mol. The van der Waals surface area contributed by atoms with Gasteiger partial charge in [0.1, 0.15) is 5.82 Å². The van der Waals surface area contributed by atoms with E-state index in [0.29, 0.717) is 18.2 Å². The molecule has 4 rings (SSSR count). The number of nitrogens with one attached hydrogen (secondary N) is 2. The number of benzene rings is 2. The Labute approximate surface area is 151 Å². The lowest BCUT2D eigenvalue weighted by molar-refractivity contribution is 0.0951. The average Bonchev–Trinajstić information content (AvgIpc) is 3.21. The third-order valence-corrected chi connectivity index (χ3v) is 4.58. The van der Waals surface area contributed by atoms with Gasteiger partial charge in [0.05, 0.1) is 28.4 Å². The highest BCUT2D eigenvalue weighted by Gasteiger charge is 2.11. The molecule has 0 bridgehead atoms. The Balaban J connectivity index is 1.52. The summed E-state index contributed by atoms with van der Waals surface area (Å²) in [6.07, 6.45) is 1.62. The van der Waals surface area contributed by atoms with Gasteiger partial charge in [-0.1, -0.05) is 6.07 Å². The molecule has 2 aromatic heterocycles. The molecule has 0 unspecified atom stereocenters. The zero-order valence-corrected chi connectivity index (χ0v) is 15.1. The third kappa shape index (κ3) is 2.83. The number of amides is 1. The van der Waals surface area contributed by atoms with Crippen LogP contribution in [-0.4, -0.2) is 25.4 Å². The number of carbonyl (C=O) groups is 1. The van der Waals surface area contributed by atoms with E-state index in [2.05, 4.69) is 44.7 Å². The molecule has 2 aromatic carbocycles. The maximum Gasteiger partial charge on any atom is 0.251 e. The van der Waals surface area contributed by atoms with E-state index in [0.717, 1.165) is 33.5 Å². The lowest BCUT2D eigenvalue weighted by atomic mass is 10.1. The van der Waals surface area contributed by atoms with Crippen LogP contribution in [0.4, 0.5) is 0 Å². The van der Waals surface area contributed by atoms with Crippen LogP contribution in [0.5, 0.6) is 0 Å². The van der Waals surface area contributed by atoms with E-state index >= 15 is 0 Å². The molecule has 1 amide bonds. The Morgan fingerprint density at radius 3 is 2.85 bits per heavy atom. The number of carbonyl (C=O) groups excluding carboxylic acids is 1. The second-order valence-electron chi connectivity index (χ2n) is 6.76. The van der Waals surface area contributed by atoms with E-state index in [9.17, 15) is 4.79 Å². The minimum absolute atomic E-state index is 0.106. The van der Waals surface area contributed by atoms with Crippen LogP contribution >= 0.6 is 0 Å². The van der Waals surface area contributed by atoms with Crippen LogP contribution < -0.4 is 5.32 Å². The highest BCUT2D eigenvalue weighted by atomic mass is 16.1. The summed E-state index contributed by atoms with van der Waals surface area (Å²) in [6, 6.07) is 12.0. The Hall–Kier alpha value is -3.15. The fourth-order valence-corrected chi connectivity index (χ4v) is 3.39. The number of H-pyrrole nitrogens is 1. The summed E-state index contributed by atoms with van der Waals surface area (Å²) < 4.78 is 2.22. The molecule has 0 aliphatic carbocycles. The molecular weight excluding hydrogens is 326 g/mol. The van der Waals surface area contributed by atoms with Gasteiger partial charge in [-0.2, -0.15) is 0 Å². The quantitative estimate of drug-likeness (QED) is 0.590. The SMILES string of the molecule is Cc1nc2cc(CNC(=O)c3ccc4nc[nH]c4c3)ccc2n1C(C)C. The summed E-state index contributed by atoms with van der Waals surface area (Å²) >= 11 is 0. The number of aromatic amines is 1. The van der Waals surface area contributed by atoms with Crippen LogP contribution in [0.2, 0.25) is 0 Å². The van der Waals surface area contributed by atoms with Gasteiger partial charge >= 0.3 is 0 Å². The van der Waals surface area contributed by atoms with E-state index in [1.807, 2.05) is 31.2 Å². The summed E-state index contributed by atoms with van der Waals surface area (Å²) in [7, 11) is 0. The Bertz CT molecular complexity index is 1110. The molecule has 0 saturated heterocycles. The van der Waals surface area contributed by atoms with E-state index in [4.69, 9.17) is 0 Å². The van der Waals surface area contributed by atoms with Gasteiger partial charge in [-0.25, -0.2) is 9.97 Å². The van der Waals surface area contributed by atoms with Crippen molar-refractivity contribution in [2.24, 2.45) is 0 Å². The van der Waals surface area contributed by atoms with Crippen molar-refractivity contribution in [3.8, 4) is 0 Å². The largest absolute Gasteiger partial charge is 0.348 e. The third-order valence-electron chi connectivity index (χ3n) is 4.58. The van der Waals surface area contributed by atoms with Crippen molar-refractivity contribution in [3.05, 3.63) is 59.7 Å². The van der Waals surface area contributed by atoms with Gasteiger partial charge in [-0.05, 0) is 56.7 Å². The Kier molecular flexibility index (Phi) is 3.95. The first-order chi connectivity index (χ1) is 12.5. The minimum Gasteiger partial charge on any atom is -0.348 e. The predicted octanol–water partition coefficient (Wildman–Crippen LogP) is 3.73. The molecule has 6 heteroatoms. The number of hydrogen-bond acceptors (Lipinski definition) is 3. The van der Waals surface area contributed by atoms with E-state index < -0.39 is 0 Å². The van der Waals surface area contributed by atoms with Crippen LogP contribution in [0, 0.1) is 6.92 Å². The summed E-state index contributed by atoms with van der Waals surface area (Å²) in [5, 5.41) is 2.97. The molecule has 0 spiro atoms. The molecular formula is C20H21N5O. The van der Waals surface area contributed by atoms with Gasteiger partial charge in [0.15, 0.2) is 0 Å². The molecule has 0 saturated carbocycles. The number of aromatic nitrogens is 4. The maximum absolute atomic E-state index is 12.4. The molecule has 6 nitrogen and oxygen atoms in total. The van der Waals surface area contributed by atoms with Crippen molar-refractivity contribution < 1.29 is 4.79 Å². The van der Waals surface area contributed by atoms with Gasteiger partial charge in [0.2, 0.25) is 0 Å². The summed E-state index contributed by atoms with van der Waals surface area (Å²) in [6.45, 7) is 6.79. The lowest BCUT2D eigenvalue weighted by Crippen LogP contribution is -2.22. The topological polar surface area (TPSA) is 75.6 Å². The molecule has 132 valence electrons. The number of aryl methyl sites for hydroxylation is 1.